The van der Waals surface area contributed by atoms with Crippen LogP contribution >= 0.6 is 0 Å². The van der Waals surface area contributed by atoms with Crippen LogP contribution in [0.2, 0.25) is 0 Å². The Balaban J connectivity index is 3.12. The second-order valence-electron chi connectivity index (χ2n) is 8.48. The van der Waals surface area contributed by atoms with Crippen LogP contribution in [-0.2, 0) is 30.4 Å². The van der Waals surface area contributed by atoms with Crippen molar-refractivity contribution < 1.29 is 39.3 Å². The monoisotopic (exact) mass is 495 g/mol. The number of carboxylic acids is 1. The number of carbonyl (C=O) groups is 5. The van der Waals surface area contributed by atoms with E-state index in [9.17, 15) is 34.2 Å². The third-order valence-corrected chi connectivity index (χ3v) is 4.90. The third kappa shape index (κ3) is 10.4. The van der Waals surface area contributed by atoms with E-state index in [4.69, 9.17) is 16.6 Å². The Hall–Kier alpha value is -3.71. The van der Waals surface area contributed by atoms with Gasteiger partial charge in [-0.25, -0.2) is 4.79 Å². The molecule has 1 aromatic rings. The van der Waals surface area contributed by atoms with E-state index in [1.54, 1.807) is 13.8 Å². The maximum absolute atomic E-state index is 13.0. The van der Waals surface area contributed by atoms with E-state index < -0.39 is 66.8 Å². The van der Waals surface area contributed by atoms with E-state index in [1.807, 2.05) is 0 Å². The average Bonchev–Trinajstić information content (AvgIpc) is 2.77. The van der Waals surface area contributed by atoms with Crippen LogP contribution in [0.4, 0.5) is 0 Å². The molecular formula is C22H33N5O8. The van der Waals surface area contributed by atoms with Gasteiger partial charge in [0.1, 0.15) is 29.9 Å². The van der Waals surface area contributed by atoms with Crippen LogP contribution in [0.15, 0.2) is 24.3 Å². The topological polar surface area (TPSA) is 234 Å². The lowest BCUT2D eigenvalue weighted by atomic mass is 10.0. The molecule has 35 heavy (non-hydrogen) atoms. The maximum Gasteiger partial charge on any atom is 0.326 e. The highest BCUT2D eigenvalue weighted by molar-refractivity contribution is 5.96. The molecule has 0 saturated carbocycles. The molecule has 0 aliphatic heterocycles. The van der Waals surface area contributed by atoms with Crippen molar-refractivity contribution in [2.75, 3.05) is 6.61 Å². The standard InChI is InChI=1S/C22H33N5O8/c1-11(2)7-17(22(34)35)27-21(33)16(9-18(24)30)26-20(32)15(25-19(31)14(23)10-28)8-12-3-5-13(29)6-4-12/h3-6,11,14-17,28-29H,7-10,23H2,1-2H3,(H2,24,30)(H,25,31)(H,26,32)(H,27,33)(H,34,35). The first kappa shape index (κ1) is 29.3. The average molecular weight is 496 g/mol. The Morgan fingerprint density at radius 1 is 0.886 bits per heavy atom. The number of phenols is 1. The van der Waals surface area contributed by atoms with Gasteiger partial charge in [0.25, 0.3) is 0 Å². The summed E-state index contributed by atoms with van der Waals surface area (Å²) in [4.78, 5) is 61.0. The molecule has 0 radical (unpaired) electrons. The van der Waals surface area contributed by atoms with Crippen molar-refractivity contribution >= 4 is 29.6 Å². The molecule has 1 rings (SSSR count). The molecule has 0 saturated heterocycles. The Bertz CT molecular complexity index is 906. The number of benzene rings is 1. The van der Waals surface area contributed by atoms with Gasteiger partial charge in [0.2, 0.25) is 23.6 Å². The van der Waals surface area contributed by atoms with E-state index in [-0.39, 0.29) is 24.5 Å². The summed E-state index contributed by atoms with van der Waals surface area (Å²) in [6.45, 7) is 2.84. The smallest absolute Gasteiger partial charge is 0.326 e. The molecule has 4 atom stereocenters. The fraction of sp³-hybridized carbons (Fsp3) is 0.500. The van der Waals surface area contributed by atoms with Crippen molar-refractivity contribution in [1.29, 1.82) is 0 Å². The van der Waals surface area contributed by atoms with Gasteiger partial charge in [-0.3, -0.25) is 19.2 Å². The quantitative estimate of drug-likeness (QED) is 0.138. The fourth-order valence-corrected chi connectivity index (χ4v) is 3.09. The molecule has 0 bridgehead atoms. The Morgan fingerprint density at radius 2 is 1.40 bits per heavy atom. The largest absolute Gasteiger partial charge is 0.508 e. The molecule has 0 aliphatic rings. The van der Waals surface area contributed by atoms with Crippen LogP contribution < -0.4 is 27.4 Å². The first-order chi connectivity index (χ1) is 16.3. The normalized spacial score (nSPS) is 14.3. The minimum Gasteiger partial charge on any atom is -0.508 e. The first-order valence-electron chi connectivity index (χ1n) is 10.9. The van der Waals surface area contributed by atoms with E-state index in [2.05, 4.69) is 16.0 Å². The molecule has 13 heteroatoms. The van der Waals surface area contributed by atoms with E-state index >= 15 is 0 Å². The summed E-state index contributed by atoms with van der Waals surface area (Å²) >= 11 is 0. The van der Waals surface area contributed by atoms with Crippen LogP contribution in [0.1, 0.15) is 32.3 Å². The van der Waals surface area contributed by atoms with Crippen molar-refractivity contribution in [2.24, 2.45) is 17.4 Å². The van der Waals surface area contributed by atoms with Crippen LogP contribution in [0.25, 0.3) is 0 Å². The molecule has 10 N–H and O–H groups in total. The minimum absolute atomic E-state index is 0.0198. The lowest BCUT2D eigenvalue weighted by molar-refractivity contribution is -0.143. The number of aliphatic hydroxyl groups excluding tert-OH is 1. The number of aliphatic carboxylic acids is 1. The van der Waals surface area contributed by atoms with Gasteiger partial charge in [-0.2, -0.15) is 0 Å². The number of aromatic hydroxyl groups is 1. The predicted octanol–water partition coefficient (Wildman–Crippen LogP) is -2.29. The number of nitrogens with one attached hydrogen (secondary N) is 3. The SMILES string of the molecule is CC(C)CC(NC(=O)C(CC(N)=O)NC(=O)C(Cc1ccc(O)cc1)NC(=O)C(N)CO)C(=O)O. The minimum atomic E-state index is -1.51. The van der Waals surface area contributed by atoms with Crippen molar-refractivity contribution in [3.05, 3.63) is 29.8 Å². The summed E-state index contributed by atoms with van der Waals surface area (Å²) in [5.41, 5.74) is 11.2. The summed E-state index contributed by atoms with van der Waals surface area (Å²) in [7, 11) is 0. The maximum atomic E-state index is 13.0. The molecule has 4 amide bonds. The number of phenolic OH excluding ortho intramolecular Hbond substituents is 1. The molecule has 1 aromatic carbocycles. The zero-order valence-electron chi connectivity index (χ0n) is 19.6. The van der Waals surface area contributed by atoms with Crippen LogP contribution in [-0.4, -0.2) is 75.7 Å². The molecular weight excluding hydrogens is 462 g/mol. The number of hydrogen-bond donors (Lipinski definition) is 8. The number of nitrogens with two attached hydrogens (primary N) is 2. The lowest BCUT2D eigenvalue weighted by Gasteiger charge is -2.25. The highest BCUT2D eigenvalue weighted by atomic mass is 16.4. The summed E-state index contributed by atoms with van der Waals surface area (Å²) in [6, 6.07) is 0.367. The number of amides is 4. The molecule has 0 heterocycles. The number of carboxylic acid groups (broad SMARTS) is 1. The molecule has 4 unspecified atom stereocenters. The number of primary amides is 1. The zero-order valence-corrected chi connectivity index (χ0v) is 19.6. The third-order valence-electron chi connectivity index (χ3n) is 4.90. The molecule has 0 spiro atoms. The van der Waals surface area contributed by atoms with Crippen molar-refractivity contribution in [3.63, 3.8) is 0 Å². The second kappa shape index (κ2) is 13.9. The van der Waals surface area contributed by atoms with Crippen LogP contribution in [0.5, 0.6) is 5.75 Å². The lowest BCUT2D eigenvalue weighted by Crippen LogP contribution is -2.58. The summed E-state index contributed by atoms with van der Waals surface area (Å²) < 4.78 is 0. The van der Waals surface area contributed by atoms with E-state index in [0.717, 1.165) is 0 Å². The van der Waals surface area contributed by atoms with E-state index in [0.29, 0.717) is 5.56 Å². The van der Waals surface area contributed by atoms with Crippen LogP contribution in [0.3, 0.4) is 0 Å². The van der Waals surface area contributed by atoms with Crippen LogP contribution in [0, 0.1) is 5.92 Å². The highest BCUT2D eigenvalue weighted by Gasteiger charge is 2.31. The molecule has 13 nitrogen and oxygen atoms in total. The van der Waals surface area contributed by atoms with E-state index in [1.165, 1.54) is 24.3 Å². The van der Waals surface area contributed by atoms with Gasteiger partial charge in [-0.05, 0) is 30.0 Å². The second-order valence-corrected chi connectivity index (χ2v) is 8.48. The number of carbonyl (C=O) groups excluding carboxylic acids is 4. The predicted molar refractivity (Wildman–Crippen MR) is 124 cm³/mol. The summed E-state index contributed by atoms with van der Waals surface area (Å²) in [5, 5.41) is 34.9. The molecule has 0 fully saturated rings. The Labute approximate surface area is 202 Å². The zero-order chi connectivity index (χ0) is 26.7. The summed E-state index contributed by atoms with van der Waals surface area (Å²) in [6.07, 6.45) is -0.607. The van der Waals surface area contributed by atoms with Gasteiger partial charge in [-0.1, -0.05) is 26.0 Å². The Morgan fingerprint density at radius 3 is 1.89 bits per heavy atom. The first-order valence-corrected chi connectivity index (χ1v) is 10.9. The summed E-state index contributed by atoms with van der Waals surface area (Å²) in [5.74, 6) is -4.96. The van der Waals surface area contributed by atoms with Gasteiger partial charge < -0.3 is 42.7 Å². The van der Waals surface area contributed by atoms with Gasteiger partial charge in [0, 0.05) is 6.42 Å². The van der Waals surface area contributed by atoms with Gasteiger partial charge in [-0.15, -0.1) is 0 Å². The Kier molecular flexibility index (Phi) is 11.6. The van der Waals surface area contributed by atoms with Crippen molar-refractivity contribution in [1.82, 2.24) is 16.0 Å². The molecule has 0 aliphatic carbocycles. The van der Waals surface area contributed by atoms with Gasteiger partial charge in [0.05, 0.1) is 13.0 Å². The number of aliphatic hydroxyl groups is 1. The van der Waals surface area contributed by atoms with Crippen molar-refractivity contribution in [3.8, 4) is 5.75 Å². The number of rotatable bonds is 14. The molecule has 0 aromatic heterocycles. The van der Waals surface area contributed by atoms with Gasteiger partial charge in [0.15, 0.2) is 0 Å². The highest BCUT2D eigenvalue weighted by Crippen LogP contribution is 2.12. The molecule has 194 valence electrons. The van der Waals surface area contributed by atoms with Crippen molar-refractivity contribution in [2.45, 2.75) is 57.3 Å². The van der Waals surface area contributed by atoms with Gasteiger partial charge >= 0.3 is 5.97 Å². The number of hydrogen-bond acceptors (Lipinski definition) is 8. The fourth-order valence-electron chi connectivity index (χ4n) is 3.09.